The summed E-state index contributed by atoms with van der Waals surface area (Å²) in [5, 5.41) is 10.1. The van der Waals surface area contributed by atoms with E-state index in [1.807, 2.05) is 72.8 Å². The number of hydrogen-bond donors (Lipinski definition) is 1. The quantitative estimate of drug-likeness (QED) is 0.320. The first-order valence-corrected chi connectivity index (χ1v) is 10.6. The Labute approximate surface area is 185 Å². The molecule has 0 bridgehead atoms. The molecule has 1 N–H and O–H groups in total. The second kappa shape index (κ2) is 7.43. The Morgan fingerprint density at radius 1 is 0.688 bits per heavy atom. The molecule has 0 unspecified atom stereocenters. The zero-order valence-electron chi connectivity index (χ0n) is 17.5. The molecular formula is C28H20N2O2. The van der Waals surface area contributed by atoms with Gasteiger partial charge in [-0.05, 0) is 49.4 Å². The molecule has 0 radical (unpaired) electrons. The summed E-state index contributed by atoms with van der Waals surface area (Å²) >= 11 is 0. The molecule has 4 aromatic carbocycles. The van der Waals surface area contributed by atoms with Crippen LogP contribution in [-0.4, -0.2) is 10.2 Å². The van der Waals surface area contributed by atoms with Crippen LogP contribution >= 0.6 is 0 Å². The molecule has 0 aliphatic carbocycles. The van der Waals surface area contributed by atoms with E-state index in [1.165, 1.54) is 0 Å². The first-order chi connectivity index (χ1) is 15.8. The van der Waals surface area contributed by atoms with Gasteiger partial charge in [-0.15, -0.1) is 0 Å². The van der Waals surface area contributed by atoms with Gasteiger partial charge in [0.25, 0.3) is 0 Å². The zero-order chi connectivity index (χ0) is 21.5. The topological polar surface area (TPSA) is 51.0 Å². The molecule has 32 heavy (non-hydrogen) atoms. The zero-order valence-corrected chi connectivity index (χ0v) is 17.5. The van der Waals surface area contributed by atoms with Crippen molar-refractivity contribution in [3.8, 4) is 34.0 Å². The van der Waals surface area contributed by atoms with E-state index in [9.17, 15) is 0 Å². The second-order valence-corrected chi connectivity index (χ2v) is 7.82. The summed E-state index contributed by atoms with van der Waals surface area (Å²) in [5.74, 6) is 1.59. The lowest BCUT2D eigenvalue weighted by atomic mass is 10.0. The lowest BCUT2D eigenvalue weighted by Gasteiger charge is -2.07. The maximum absolute atomic E-state index is 6.07. The minimum atomic E-state index is 0.779. The predicted octanol–water partition coefficient (Wildman–Crippen LogP) is 7.74. The highest BCUT2D eigenvalue weighted by atomic mass is 16.5. The molecule has 4 nitrogen and oxygen atoms in total. The van der Waals surface area contributed by atoms with Crippen LogP contribution in [0.2, 0.25) is 0 Å². The summed E-state index contributed by atoms with van der Waals surface area (Å²) in [5.41, 5.74) is 6.79. The molecular weight excluding hydrogens is 396 g/mol. The van der Waals surface area contributed by atoms with E-state index in [1.54, 1.807) is 0 Å². The molecule has 154 valence electrons. The number of H-pyrrole nitrogens is 1. The third kappa shape index (κ3) is 3.13. The summed E-state index contributed by atoms with van der Waals surface area (Å²) in [6, 6.07) is 32.2. The molecule has 2 aromatic heterocycles. The number of rotatable bonds is 4. The van der Waals surface area contributed by atoms with Crippen molar-refractivity contribution in [2.45, 2.75) is 6.92 Å². The summed E-state index contributed by atoms with van der Waals surface area (Å²) < 4.78 is 12.1. The maximum Gasteiger partial charge on any atom is 0.136 e. The number of nitrogens with one attached hydrogen (secondary N) is 1. The Bertz CT molecular complexity index is 1560. The van der Waals surface area contributed by atoms with Crippen LogP contribution in [0.3, 0.4) is 0 Å². The first-order valence-electron chi connectivity index (χ1n) is 10.6. The highest BCUT2D eigenvalue weighted by molar-refractivity contribution is 6.05. The Morgan fingerprint density at radius 2 is 1.47 bits per heavy atom. The monoisotopic (exact) mass is 416 g/mol. The minimum Gasteiger partial charge on any atom is -0.457 e. The fraction of sp³-hybridized carbons (Fsp3) is 0.0357. The average molecular weight is 416 g/mol. The van der Waals surface area contributed by atoms with Crippen molar-refractivity contribution in [2.75, 3.05) is 0 Å². The third-order valence-electron chi connectivity index (χ3n) is 5.76. The van der Waals surface area contributed by atoms with Crippen LogP contribution in [0.25, 0.3) is 44.5 Å². The molecule has 6 aromatic rings. The molecule has 0 saturated heterocycles. The fourth-order valence-corrected chi connectivity index (χ4v) is 4.17. The van der Waals surface area contributed by atoms with Crippen LogP contribution in [0.5, 0.6) is 11.5 Å². The molecule has 0 atom stereocenters. The van der Waals surface area contributed by atoms with Crippen LogP contribution in [-0.2, 0) is 0 Å². The molecule has 0 saturated carbocycles. The minimum absolute atomic E-state index is 0.779. The lowest BCUT2D eigenvalue weighted by Crippen LogP contribution is -1.86. The van der Waals surface area contributed by atoms with Crippen molar-refractivity contribution < 1.29 is 9.15 Å². The molecule has 2 heterocycles. The van der Waals surface area contributed by atoms with E-state index in [0.29, 0.717) is 0 Å². The second-order valence-electron chi connectivity index (χ2n) is 7.82. The number of fused-ring (bicyclic) bond motifs is 3. The van der Waals surface area contributed by atoms with Gasteiger partial charge in [0.15, 0.2) is 0 Å². The van der Waals surface area contributed by atoms with Gasteiger partial charge in [-0.2, -0.15) is 5.10 Å². The molecule has 0 fully saturated rings. The normalized spacial score (nSPS) is 11.3. The van der Waals surface area contributed by atoms with Gasteiger partial charge < -0.3 is 9.15 Å². The molecule has 6 rings (SSSR count). The van der Waals surface area contributed by atoms with E-state index in [-0.39, 0.29) is 0 Å². The predicted molar refractivity (Wildman–Crippen MR) is 128 cm³/mol. The number of nitrogens with zero attached hydrogens (tertiary/aromatic N) is 1. The third-order valence-corrected chi connectivity index (χ3v) is 5.76. The van der Waals surface area contributed by atoms with Crippen molar-refractivity contribution in [1.29, 1.82) is 0 Å². The number of aromatic amines is 1. The van der Waals surface area contributed by atoms with Crippen LogP contribution < -0.4 is 4.74 Å². The standard InChI is InChI=1S/C28H20N2O2/c1-18-27(19-8-7-11-22(16-19)31-21-9-3-2-4-10-21)29-30-28(18)20-14-15-24-23-12-5-6-13-25(23)32-26(24)17-20/h2-17H,1H3,(H,29,30). The van der Waals surface area contributed by atoms with E-state index in [4.69, 9.17) is 9.15 Å². The largest absolute Gasteiger partial charge is 0.457 e. The Morgan fingerprint density at radius 3 is 2.38 bits per heavy atom. The highest BCUT2D eigenvalue weighted by Crippen LogP contribution is 2.35. The van der Waals surface area contributed by atoms with Gasteiger partial charge in [0, 0.05) is 27.5 Å². The number of benzene rings is 4. The van der Waals surface area contributed by atoms with Gasteiger partial charge >= 0.3 is 0 Å². The fourth-order valence-electron chi connectivity index (χ4n) is 4.17. The van der Waals surface area contributed by atoms with E-state index in [2.05, 4.69) is 41.4 Å². The number of furan rings is 1. The van der Waals surface area contributed by atoms with Crippen molar-refractivity contribution in [1.82, 2.24) is 10.2 Å². The number of ether oxygens (including phenoxy) is 1. The number of hydrogen-bond acceptors (Lipinski definition) is 3. The number of aromatic nitrogens is 2. The maximum atomic E-state index is 6.07. The number of para-hydroxylation sites is 2. The van der Waals surface area contributed by atoms with Gasteiger partial charge in [0.05, 0.1) is 11.4 Å². The molecule has 0 aliphatic heterocycles. The van der Waals surface area contributed by atoms with Crippen LogP contribution in [0, 0.1) is 6.92 Å². The van der Waals surface area contributed by atoms with Crippen molar-refractivity contribution in [3.05, 3.63) is 103 Å². The Balaban J connectivity index is 1.37. The summed E-state index contributed by atoms with van der Waals surface area (Å²) in [4.78, 5) is 0. The molecule has 0 aliphatic rings. The SMILES string of the molecule is Cc1c(-c2cccc(Oc3ccccc3)c2)n[nH]c1-c1ccc2c(c1)oc1ccccc12. The lowest BCUT2D eigenvalue weighted by molar-refractivity contribution is 0.483. The molecule has 4 heteroatoms. The Hall–Kier alpha value is -4.31. The van der Waals surface area contributed by atoms with Gasteiger partial charge in [0.1, 0.15) is 22.7 Å². The van der Waals surface area contributed by atoms with Crippen LogP contribution in [0.15, 0.2) is 101 Å². The summed E-state index contributed by atoms with van der Waals surface area (Å²) in [7, 11) is 0. The average Bonchev–Trinajstić information content (AvgIpc) is 3.39. The van der Waals surface area contributed by atoms with E-state index in [0.717, 1.165) is 61.5 Å². The summed E-state index contributed by atoms with van der Waals surface area (Å²) in [6.07, 6.45) is 0. The highest BCUT2D eigenvalue weighted by Gasteiger charge is 2.15. The van der Waals surface area contributed by atoms with Gasteiger partial charge in [-0.25, -0.2) is 0 Å². The van der Waals surface area contributed by atoms with E-state index < -0.39 is 0 Å². The molecule has 0 amide bonds. The van der Waals surface area contributed by atoms with Gasteiger partial charge in [-0.3, -0.25) is 5.10 Å². The van der Waals surface area contributed by atoms with Crippen molar-refractivity contribution in [3.63, 3.8) is 0 Å². The first kappa shape index (κ1) is 18.5. The summed E-state index contributed by atoms with van der Waals surface area (Å²) in [6.45, 7) is 2.09. The van der Waals surface area contributed by atoms with Crippen LogP contribution in [0.1, 0.15) is 5.56 Å². The Kier molecular flexibility index (Phi) is 4.29. The van der Waals surface area contributed by atoms with Crippen molar-refractivity contribution in [2.24, 2.45) is 0 Å². The van der Waals surface area contributed by atoms with Crippen LogP contribution in [0.4, 0.5) is 0 Å². The smallest absolute Gasteiger partial charge is 0.136 e. The van der Waals surface area contributed by atoms with E-state index >= 15 is 0 Å². The van der Waals surface area contributed by atoms with Gasteiger partial charge in [-0.1, -0.05) is 54.6 Å². The van der Waals surface area contributed by atoms with Gasteiger partial charge in [0.2, 0.25) is 0 Å². The van der Waals surface area contributed by atoms with Crippen molar-refractivity contribution >= 4 is 21.9 Å². The molecule has 0 spiro atoms.